The third kappa shape index (κ3) is 1.80. The zero-order chi connectivity index (χ0) is 15.4. The normalized spacial score (nSPS) is 11.7. The van der Waals surface area contributed by atoms with Crippen LogP contribution in [0.15, 0.2) is 60.7 Å². The lowest BCUT2D eigenvalue weighted by Gasteiger charge is -2.09. The minimum Gasteiger partial charge on any atom is -0.242 e. The van der Waals surface area contributed by atoms with E-state index >= 15 is 0 Å². The summed E-state index contributed by atoms with van der Waals surface area (Å²) in [5.41, 5.74) is 3.09. The number of benzene rings is 3. The Hall–Kier alpha value is -2.78. The summed E-state index contributed by atoms with van der Waals surface area (Å²) in [5.74, 6) is 0. The van der Waals surface area contributed by atoms with E-state index in [4.69, 9.17) is 21.6 Å². The van der Waals surface area contributed by atoms with Crippen molar-refractivity contribution in [3.8, 4) is 0 Å². The average Bonchev–Trinajstić information content (AvgIpc) is 2.60. The van der Waals surface area contributed by atoms with Gasteiger partial charge in [0.2, 0.25) is 0 Å². The summed E-state index contributed by atoms with van der Waals surface area (Å²) in [5, 5.41) is 4.97. The summed E-state index contributed by atoms with van der Waals surface area (Å²) in [6, 6.07) is 20.2. The van der Waals surface area contributed by atoms with E-state index in [0.717, 1.165) is 27.3 Å². The second-order valence-corrected chi connectivity index (χ2v) is 5.88. The first kappa shape index (κ1) is 12.7. The molecule has 0 radical (unpaired) electrons. The van der Waals surface area contributed by atoms with E-state index < -0.39 is 0 Å². The van der Waals surface area contributed by atoms with Gasteiger partial charge in [0.1, 0.15) is 10.7 Å². The molecule has 0 aliphatic heterocycles. The molecule has 0 saturated heterocycles. The van der Waals surface area contributed by atoms with Gasteiger partial charge in [-0.2, -0.15) is 0 Å². The van der Waals surface area contributed by atoms with Gasteiger partial charge in [0.05, 0.1) is 11.0 Å². The predicted octanol–water partition coefficient (Wildman–Crippen LogP) is 5.14. The molecule has 0 saturated carbocycles. The van der Waals surface area contributed by atoms with Crippen LogP contribution in [0.25, 0.3) is 43.7 Å². The molecular weight excluding hydrogens is 306 g/mol. The summed E-state index contributed by atoms with van der Waals surface area (Å²) in [7, 11) is 0. The zero-order valence-corrected chi connectivity index (χ0v) is 12.7. The van der Waals surface area contributed by atoms with Gasteiger partial charge in [-0.1, -0.05) is 60.1 Å². The fourth-order valence-corrected chi connectivity index (χ4v) is 3.29. The molecule has 3 aromatic carbocycles. The third-order valence-electron chi connectivity index (χ3n) is 4.15. The maximum Gasteiger partial charge on any atom is 0.180 e. The maximum atomic E-state index is 6.00. The standard InChI is InChI=1S/C19H10ClN3/c20-16-10-9-15-19(22-16)23-18-14-8-4-2-6-12(14)11-5-1-3-7-13(11)17(18)21-15/h1-10H. The molecule has 2 aromatic heterocycles. The van der Waals surface area contributed by atoms with Crippen LogP contribution in [0.4, 0.5) is 0 Å². The number of aromatic nitrogens is 3. The van der Waals surface area contributed by atoms with Crippen molar-refractivity contribution < 1.29 is 0 Å². The molecular formula is C19H10ClN3. The molecule has 0 N–H and O–H groups in total. The second kappa shape index (κ2) is 4.61. The van der Waals surface area contributed by atoms with Crippen LogP contribution in [-0.4, -0.2) is 15.0 Å². The summed E-state index contributed by atoms with van der Waals surface area (Å²) in [6.07, 6.45) is 0. The molecule has 0 spiro atoms. The highest BCUT2D eigenvalue weighted by Gasteiger charge is 2.12. The molecule has 4 heteroatoms. The van der Waals surface area contributed by atoms with E-state index in [-0.39, 0.29) is 0 Å². The van der Waals surface area contributed by atoms with Gasteiger partial charge in [0.25, 0.3) is 0 Å². The average molecular weight is 316 g/mol. The Morgan fingerprint density at radius 3 is 1.78 bits per heavy atom. The van der Waals surface area contributed by atoms with Crippen molar-refractivity contribution in [1.29, 1.82) is 0 Å². The van der Waals surface area contributed by atoms with Crippen LogP contribution in [0.1, 0.15) is 0 Å². The van der Waals surface area contributed by atoms with E-state index in [1.54, 1.807) is 6.07 Å². The van der Waals surface area contributed by atoms with Gasteiger partial charge >= 0.3 is 0 Å². The van der Waals surface area contributed by atoms with Crippen molar-refractivity contribution in [3.63, 3.8) is 0 Å². The number of pyridine rings is 1. The summed E-state index contributed by atoms with van der Waals surface area (Å²) in [6.45, 7) is 0. The Bertz CT molecular complexity index is 1230. The third-order valence-corrected chi connectivity index (χ3v) is 4.36. The molecule has 23 heavy (non-hydrogen) atoms. The fourth-order valence-electron chi connectivity index (χ4n) is 3.14. The Labute approximate surface area is 136 Å². The summed E-state index contributed by atoms with van der Waals surface area (Å²) >= 11 is 6.00. The molecule has 0 unspecified atom stereocenters. The molecule has 0 atom stereocenters. The Balaban J connectivity index is 2.14. The molecule has 0 bridgehead atoms. The Kier molecular flexibility index (Phi) is 2.55. The maximum absolute atomic E-state index is 6.00. The van der Waals surface area contributed by atoms with Crippen LogP contribution >= 0.6 is 11.6 Å². The van der Waals surface area contributed by atoms with Gasteiger partial charge in [-0.05, 0) is 22.9 Å². The number of fused-ring (bicyclic) bond motifs is 7. The highest BCUT2D eigenvalue weighted by Crippen LogP contribution is 2.33. The van der Waals surface area contributed by atoms with Crippen LogP contribution in [0.3, 0.4) is 0 Å². The van der Waals surface area contributed by atoms with Crippen LogP contribution < -0.4 is 0 Å². The van der Waals surface area contributed by atoms with Crippen LogP contribution in [0.5, 0.6) is 0 Å². The van der Waals surface area contributed by atoms with Gasteiger partial charge in [0, 0.05) is 10.8 Å². The minimum atomic E-state index is 0.427. The van der Waals surface area contributed by atoms with Crippen molar-refractivity contribution in [2.24, 2.45) is 0 Å². The quantitative estimate of drug-likeness (QED) is 0.226. The van der Waals surface area contributed by atoms with Gasteiger partial charge < -0.3 is 0 Å². The first-order valence-corrected chi connectivity index (χ1v) is 7.72. The molecule has 5 rings (SSSR count). The number of nitrogens with zero attached hydrogens (tertiary/aromatic N) is 3. The van der Waals surface area contributed by atoms with Crippen LogP contribution in [0.2, 0.25) is 5.15 Å². The SMILES string of the molecule is Clc1ccc2nc3c4ccccc4c4ccccc4c3nc2n1. The number of rotatable bonds is 0. The highest BCUT2D eigenvalue weighted by molar-refractivity contribution is 6.29. The lowest BCUT2D eigenvalue weighted by atomic mass is 9.99. The number of hydrogen-bond donors (Lipinski definition) is 0. The van der Waals surface area contributed by atoms with Crippen LogP contribution in [-0.2, 0) is 0 Å². The monoisotopic (exact) mass is 315 g/mol. The van der Waals surface area contributed by atoms with Crippen molar-refractivity contribution in [2.75, 3.05) is 0 Å². The van der Waals surface area contributed by atoms with Crippen molar-refractivity contribution in [3.05, 3.63) is 65.8 Å². The predicted molar refractivity (Wildman–Crippen MR) is 94.9 cm³/mol. The van der Waals surface area contributed by atoms with Crippen molar-refractivity contribution in [2.45, 2.75) is 0 Å². The molecule has 5 aromatic rings. The smallest absolute Gasteiger partial charge is 0.180 e. The van der Waals surface area contributed by atoms with E-state index in [2.05, 4.69) is 35.3 Å². The molecule has 3 nitrogen and oxygen atoms in total. The van der Waals surface area contributed by atoms with Gasteiger partial charge in [0.15, 0.2) is 5.65 Å². The van der Waals surface area contributed by atoms with Crippen LogP contribution in [0, 0.1) is 0 Å². The lowest BCUT2D eigenvalue weighted by Crippen LogP contribution is -1.93. The number of hydrogen-bond acceptors (Lipinski definition) is 3. The van der Waals surface area contributed by atoms with E-state index in [9.17, 15) is 0 Å². The highest BCUT2D eigenvalue weighted by atomic mass is 35.5. The summed E-state index contributed by atoms with van der Waals surface area (Å²) < 4.78 is 0. The topological polar surface area (TPSA) is 38.7 Å². The lowest BCUT2D eigenvalue weighted by molar-refractivity contribution is 1.29. The van der Waals surface area contributed by atoms with E-state index in [1.165, 1.54) is 10.8 Å². The van der Waals surface area contributed by atoms with Crippen molar-refractivity contribution >= 4 is 55.3 Å². The first-order valence-electron chi connectivity index (χ1n) is 7.35. The second-order valence-electron chi connectivity index (χ2n) is 5.49. The molecule has 0 amide bonds. The van der Waals surface area contributed by atoms with Gasteiger partial charge in [-0.15, -0.1) is 0 Å². The molecule has 0 aliphatic carbocycles. The molecule has 0 fully saturated rings. The molecule has 2 heterocycles. The Morgan fingerprint density at radius 2 is 1.13 bits per heavy atom. The Morgan fingerprint density at radius 1 is 0.565 bits per heavy atom. The van der Waals surface area contributed by atoms with Crippen molar-refractivity contribution in [1.82, 2.24) is 15.0 Å². The van der Waals surface area contributed by atoms with Gasteiger partial charge in [-0.3, -0.25) is 0 Å². The molecule has 108 valence electrons. The van der Waals surface area contributed by atoms with Gasteiger partial charge in [-0.25, -0.2) is 15.0 Å². The summed E-state index contributed by atoms with van der Waals surface area (Å²) in [4.78, 5) is 13.9. The van der Waals surface area contributed by atoms with E-state index in [0.29, 0.717) is 10.8 Å². The van der Waals surface area contributed by atoms with E-state index in [1.807, 2.05) is 24.3 Å². The first-order chi connectivity index (χ1) is 11.3. The molecule has 0 aliphatic rings. The fraction of sp³-hybridized carbons (Fsp3) is 0. The minimum absolute atomic E-state index is 0.427. The zero-order valence-electron chi connectivity index (χ0n) is 12.0. The largest absolute Gasteiger partial charge is 0.242 e. The number of halogens is 1.